The number of pyridine rings is 2. The number of rotatable bonds is 4. The summed E-state index contributed by atoms with van der Waals surface area (Å²) >= 11 is 0. The predicted octanol–water partition coefficient (Wildman–Crippen LogP) is 13.8. The maximum atomic E-state index is 5.17. The third kappa shape index (κ3) is 4.89. The van der Waals surface area contributed by atoms with E-state index in [1.807, 2.05) is 0 Å². The highest BCUT2D eigenvalue weighted by molar-refractivity contribution is 6.15. The van der Waals surface area contributed by atoms with E-state index in [1.165, 1.54) is 99.7 Å². The second kappa shape index (κ2) is 13.0. The van der Waals surface area contributed by atoms with Crippen LogP contribution in [0.4, 0.5) is 0 Å². The molecule has 62 heavy (non-hydrogen) atoms. The molecule has 0 bridgehead atoms. The van der Waals surface area contributed by atoms with Crippen molar-refractivity contribution in [2.45, 2.75) is 38.5 Å². The number of allylic oxidation sites excluding steroid dienone is 1. The Kier molecular flexibility index (Phi) is 7.15. The van der Waals surface area contributed by atoms with E-state index < -0.39 is 0 Å². The van der Waals surface area contributed by atoms with Gasteiger partial charge in [-0.15, -0.1) is 0 Å². The first-order chi connectivity index (χ1) is 30.7. The number of para-hydroxylation sites is 4. The zero-order valence-corrected chi connectivity index (χ0v) is 34.2. The van der Waals surface area contributed by atoms with Crippen molar-refractivity contribution in [3.63, 3.8) is 0 Å². The van der Waals surface area contributed by atoms with Crippen LogP contribution in [0.25, 0.3) is 99.9 Å². The van der Waals surface area contributed by atoms with Crippen LogP contribution in [-0.4, -0.2) is 19.1 Å². The van der Waals surface area contributed by atoms with Crippen molar-refractivity contribution in [2.75, 3.05) is 0 Å². The van der Waals surface area contributed by atoms with Gasteiger partial charge in [0.1, 0.15) is 0 Å². The number of hydrogen-bond acceptors (Lipinski definition) is 2. The van der Waals surface area contributed by atoms with Crippen LogP contribution in [0, 0.1) is 0 Å². The molecule has 0 saturated heterocycles. The van der Waals surface area contributed by atoms with Gasteiger partial charge in [0, 0.05) is 55.1 Å². The van der Waals surface area contributed by atoms with Gasteiger partial charge >= 0.3 is 0 Å². The fourth-order valence-corrected chi connectivity index (χ4v) is 11.4. The summed E-state index contributed by atoms with van der Waals surface area (Å²) in [6, 6.07) is 59.9. The van der Waals surface area contributed by atoms with Crippen molar-refractivity contribution in [3.8, 4) is 33.8 Å². The van der Waals surface area contributed by atoms with Crippen LogP contribution in [-0.2, 0) is 32.1 Å². The Bertz CT molecular complexity index is 3740. The van der Waals surface area contributed by atoms with Crippen LogP contribution in [0.15, 0.2) is 164 Å². The number of aromatic nitrogens is 4. The predicted molar refractivity (Wildman–Crippen MR) is 257 cm³/mol. The number of hydrogen-bond donors (Lipinski definition) is 0. The molecule has 4 aromatic heterocycles. The topological polar surface area (TPSA) is 35.6 Å². The lowest BCUT2D eigenvalue weighted by molar-refractivity contribution is 0.870. The molecule has 0 fully saturated rings. The van der Waals surface area contributed by atoms with Gasteiger partial charge < -0.3 is 9.13 Å². The lowest BCUT2D eigenvalue weighted by Gasteiger charge is -2.31. The van der Waals surface area contributed by atoms with E-state index in [0.29, 0.717) is 0 Å². The van der Waals surface area contributed by atoms with Gasteiger partial charge in [0.25, 0.3) is 0 Å². The van der Waals surface area contributed by atoms with Crippen molar-refractivity contribution in [1.82, 2.24) is 19.1 Å². The Labute approximate surface area is 359 Å². The molecule has 0 N–H and O–H groups in total. The molecule has 11 aromatic rings. The zero-order chi connectivity index (χ0) is 40.5. The summed E-state index contributed by atoms with van der Waals surface area (Å²) in [5.74, 6) is 0. The normalized spacial score (nSPS) is 14.2. The fraction of sp³-hybridized carbons (Fsp3) is 0.103. The molecule has 14 rings (SSSR count). The molecule has 0 atom stereocenters. The maximum Gasteiger partial charge on any atom is 0.0709 e. The first kappa shape index (κ1) is 34.2. The molecular formula is C58H40N4. The third-order valence-electron chi connectivity index (χ3n) is 14.1. The quantitative estimate of drug-likeness (QED) is 0.178. The molecule has 0 radical (unpaired) electrons. The first-order valence-electron chi connectivity index (χ1n) is 22.1. The van der Waals surface area contributed by atoms with Gasteiger partial charge in [0.2, 0.25) is 0 Å². The summed E-state index contributed by atoms with van der Waals surface area (Å²) < 4.78 is 5.18. The zero-order valence-electron chi connectivity index (χ0n) is 34.2. The lowest BCUT2D eigenvalue weighted by Crippen LogP contribution is -2.16. The molecule has 7 aromatic carbocycles. The van der Waals surface area contributed by atoms with Crippen molar-refractivity contribution in [2.24, 2.45) is 0 Å². The summed E-state index contributed by atoms with van der Waals surface area (Å²) in [6.07, 6.45) is 8.46. The highest BCUT2D eigenvalue weighted by Crippen LogP contribution is 2.52. The van der Waals surface area contributed by atoms with E-state index in [9.17, 15) is 0 Å². The van der Waals surface area contributed by atoms with Gasteiger partial charge in [0.15, 0.2) is 0 Å². The number of aryl methyl sites for hydroxylation is 4. The van der Waals surface area contributed by atoms with Gasteiger partial charge in [-0.3, -0.25) is 0 Å². The van der Waals surface area contributed by atoms with E-state index >= 15 is 0 Å². The second-order valence-electron chi connectivity index (χ2n) is 17.5. The fourth-order valence-electron chi connectivity index (χ4n) is 11.4. The van der Waals surface area contributed by atoms with E-state index in [4.69, 9.17) is 9.97 Å². The van der Waals surface area contributed by atoms with Crippen LogP contribution in [0.5, 0.6) is 0 Å². The minimum atomic E-state index is 0.962. The van der Waals surface area contributed by atoms with Crippen LogP contribution in [0.2, 0.25) is 0 Å². The lowest BCUT2D eigenvalue weighted by atomic mass is 9.73. The van der Waals surface area contributed by atoms with Gasteiger partial charge in [-0.1, -0.05) is 91.0 Å². The standard InChI is InChI=1S/C58H40N4/c1-3-13-41(14-4-1)61-53-29-23-37(51-27-21-35-11-7-9-17-49(35)59-51)31-45(53)47-33-39-19-20-40-34-48-46-32-38(52-28-22-36-12-8-10-18-50(36)60-52)24-30-54(46)62(42-15-5-2-6-16-42)58(48)44-26-25-43(57(47)61)55(39)56(40)44/h1-18,21-23,27-29,31-34H,19-20,24-26,30H2. The summed E-state index contributed by atoms with van der Waals surface area (Å²) in [4.78, 5) is 10.3. The van der Waals surface area contributed by atoms with Crippen molar-refractivity contribution in [1.29, 1.82) is 0 Å². The van der Waals surface area contributed by atoms with Crippen molar-refractivity contribution < 1.29 is 0 Å². The average Bonchev–Trinajstić information content (AvgIpc) is 3.85. The molecule has 292 valence electrons. The summed E-state index contributed by atoms with van der Waals surface area (Å²) in [5, 5.41) is 6.37. The molecule has 4 heteroatoms. The Morgan fingerprint density at radius 1 is 0.419 bits per heavy atom. The Balaban J connectivity index is 1.02. The van der Waals surface area contributed by atoms with Crippen LogP contribution < -0.4 is 0 Å². The largest absolute Gasteiger partial charge is 0.313 e. The van der Waals surface area contributed by atoms with Gasteiger partial charge in [-0.25, -0.2) is 9.97 Å². The number of fused-ring (bicyclic) bond motifs is 10. The molecule has 0 spiro atoms. The molecule has 0 saturated carbocycles. The molecule has 4 nitrogen and oxygen atoms in total. The highest BCUT2D eigenvalue weighted by Gasteiger charge is 2.34. The van der Waals surface area contributed by atoms with E-state index in [-0.39, 0.29) is 0 Å². The van der Waals surface area contributed by atoms with E-state index in [2.05, 4.69) is 179 Å². The smallest absolute Gasteiger partial charge is 0.0709 e. The third-order valence-corrected chi connectivity index (χ3v) is 14.1. The second-order valence-corrected chi connectivity index (χ2v) is 17.5. The molecule has 0 unspecified atom stereocenters. The summed E-state index contributed by atoms with van der Waals surface area (Å²) in [6.45, 7) is 0. The monoisotopic (exact) mass is 792 g/mol. The maximum absolute atomic E-state index is 5.17. The minimum Gasteiger partial charge on any atom is -0.313 e. The van der Waals surface area contributed by atoms with E-state index in [0.717, 1.165) is 71.9 Å². The molecule has 3 aliphatic rings. The van der Waals surface area contributed by atoms with Crippen molar-refractivity contribution in [3.05, 3.63) is 203 Å². The van der Waals surface area contributed by atoms with Gasteiger partial charge in [-0.2, -0.15) is 0 Å². The van der Waals surface area contributed by atoms with Crippen molar-refractivity contribution >= 4 is 66.2 Å². The van der Waals surface area contributed by atoms with Crippen LogP contribution in [0.1, 0.15) is 45.6 Å². The molecule has 3 aliphatic carbocycles. The SMILES string of the molecule is C1=C(c2ccc3ccccc3n2)CCc2c1c1cc3c4c(c1n2-c1ccccc1)CCc1c-4c(cc2c4cc(-c5ccc6ccccc6n5)ccc4n(-c4ccccc4)c12)CC3. The first-order valence-corrected chi connectivity index (χ1v) is 22.1. The molecule has 0 amide bonds. The molecule has 4 heterocycles. The minimum absolute atomic E-state index is 0.962. The Morgan fingerprint density at radius 2 is 1.00 bits per heavy atom. The Morgan fingerprint density at radius 3 is 1.69 bits per heavy atom. The Hall–Kier alpha value is -7.56. The summed E-state index contributed by atoms with van der Waals surface area (Å²) in [5.41, 5.74) is 24.8. The van der Waals surface area contributed by atoms with Crippen LogP contribution in [0.3, 0.4) is 0 Å². The number of benzene rings is 7. The molecular weight excluding hydrogens is 753 g/mol. The van der Waals surface area contributed by atoms with Crippen LogP contribution >= 0.6 is 0 Å². The van der Waals surface area contributed by atoms with E-state index in [1.54, 1.807) is 0 Å². The van der Waals surface area contributed by atoms with Gasteiger partial charge in [0.05, 0.1) is 39.0 Å². The highest BCUT2D eigenvalue weighted by atomic mass is 15.0. The number of nitrogens with zero attached hydrogens (tertiary/aromatic N) is 4. The summed E-state index contributed by atoms with van der Waals surface area (Å²) in [7, 11) is 0. The molecule has 0 aliphatic heterocycles. The van der Waals surface area contributed by atoms with Gasteiger partial charge in [-0.05, 0) is 156 Å². The average molecular weight is 793 g/mol.